The van der Waals surface area contributed by atoms with Gasteiger partial charge in [0.1, 0.15) is 33.7 Å². The monoisotopic (exact) mass is 370 g/mol. The van der Waals surface area contributed by atoms with E-state index in [4.69, 9.17) is 4.52 Å². The van der Waals surface area contributed by atoms with Crippen molar-refractivity contribution in [1.29, 1.82) is 0 Å². The van der Waals surface area contributed by atoms with Crippen molar-refractivity contribution in [2.75, 3.05) is 6.26 Å². The van der Waals surface area contributed by atoms with Gasteiger partial charge in [-0.2, -0.15) is 0 Å². The van der Waals surface area contributed by atoms with Crippen LogP contribution in [-0.2, 0) is 9.84 Å². The lowest BCUT2D eigenvalue weighted by atomic mass is 10.0. The number of hydrogen-bond acceptors (Lipinski definition) is 6. The van der Waals surface area contributed by atoms with Crippen molar-refractivity contribution < 1.29 is 21.7 Å². The van der Waals surface area contributed by atoms with E-state index < -0.39 is 26.4 Å². The molecule has 0 saturated heterocycles. The Morgan fingerprint density at radius 2 is 1.79 bits per heavy atom. The number of nitrogens with zero attached hydrogens (tertiary/aromatic N) is 2. The van der Waals surface area contributed by atoms with E-state index in [1.54, 1.807) is 12.3 Å². The summed E-state index contributed by atoms with van der Waals surface area (Å²) in [6.07, 6.45) is 0.752. The van der Waals surface area contributed by atoms with Gasteiger partial charge in [-0.15, -0.1) is 11.3 Å². The highest BCUT2D eigenvalue weighted by Gasteiger charge is 2.25. The minimum absolute atomic E-state index is 0.136. The zero-order valence-corrected chi connectivity index (χ0v) is 14.6. The molecule has 2 aromatic heterocycles. The summed E-state index contributed by atoms with van der Waals surface area (Å²) in [4.78, 5) is 3.34. The zero-order valence-electron chi connectivity index (χ0n) is 12.9. The molecule has 2 heterocycles. The lowest BCUT2D eigenvalue weighted by molar-refractivity contribution is 0.400. The molecule has 0 amide bonds. The number of sulfone groups is 1. The van der Waals surface area contributed by atoms with Crippen LogP contribution in [0.3, 0.4) is 0 Å². The van der Waals surface area contributed by atoms with Crippen molar-refractivity contribution >= 4 is 21.2 Å². The Morgan fingerprint density at radius 3 is 2.29 bits per heavy atom. The fourth-order valence-corrected chi connectivity index (χ4v) is 3.84. The van der Waals surface area contributed by atoms with Crippen molar-refractivity contribution in [2.24, 2.45) is 0 Å². The molecule has 0 bridgehead atoms. The SMILES string of the molecule is Cc1nc(-c2noc(C)c2-c2cc(F)c(S(C)(=O)=O)c(F)c2)cs1. The topological polar surface area (TPSA) is 73.1 Å². The molecule has 0 spiro atoms. The standard InChI is InChI=1S/C15H12F2N2O3S2/c1-7-13(14(19-22-7)12-6-23-8(2)18-12)9-4-10(16)15(11(17)5-9)24(3,20)21/h4-6H,1-3H3. The lowest BCUT2D eigenvalue weighted by Gasteiger charge is -2.07. The van der Waals surface area contributed by atoms with Crippen LogP contribution in [0, 0.1) is 25.5 Å². The van der Waals surface area contributed by atoms with Crippen LogP contribution in [0.1, 0.15) is 10.8 Å². The van der Waals surface area contributed by atoms with Gasteiger partial charge in [-0.05, 0) is 31.5 Å². The molecule has 1 aromatic carbocycles. The van der Waals surface area contributed by atoms with Crippen LogP contribution in [0.4, 0.5) is 8.78 Å². The Kier molecular flexibility index (Phi) is 4.00. The fourth-order valence-electron chi connectivity index (χ4n) is 2.42. The summed E-state index contributed by atoms with van der Waals surface area (Å²) >= 11 is 1.40. The predicted molar refractivity (Wildman–Crippen MR) is 85.5 cm³/mol. The number of thiazole rings is 1. The van der Waals surface area contributed by atoms with E-state index in [1.807, 2.05) is 6.92 Å². The Labute approximate surface area is 140 Å². The molecule has 0 unspecified atom stereocenters. The van der Waals surface area contributed by atoms with E-state index in [9.17, 15) is 17.2 Å². The molecule has 0 atom stereocenters. The van der Waals surface area contributed by atoms with Crippen LogP contribution in [0.2, 0.25) is 0 Å². The predicted octanol–water partition coefficient (Wildman–Crippen LogP) is 3.76. The molecular formula is C15H12F2N2O3S2. The Balaban J connectivity index is 2.23. The lowest BCUT2D eigenvalue weighted by Crippen LogP contribution is -2.05. The van der Waals surface area contributed by atoms with Gasteiger partial charge >= 0.3 is 0 Å². The van der Waals surface area contributed by atoms with E-state index in [1.165, 1.54) is 11.3 Å². The summed E-state index contributed by atoms with van der Waals surface area (Å²) in [7, 11) is -4.02. The average Bonchev–Trinajstić information content (AvgIpc) is 3.02. The van der Waals surface area contributed by atoms with Gasteiger partial charge in [0.2, 0.25) is 0 Å². The number of benzene rings is 1. The van der Waals surface area contributed by atoms with E-state index in [2.05, 4.69) is 10.1 Å². The molecule has 9 heteroatoms. The molecule has 0 fully saturated rings. The van der Waals surface area contributed by atoms with Gasteiger partial charge in [-0.25, -0.2) is 22.2 Å². The highest BCUT2D eigenvalue weighted by molar-refractivity contribution is 7.90. The largest absolute Gasteiger partial charge is 0.360 e. The third-order valence-corrected chi connectivity index (χ3v) is 5.29. The fraction of sp³-hybridized carbons (Fsp3) is 0.200. The van der Waals surface area contributed by atoms with E-state index in [0.29, 0.717) is 22.7 Å². The van der Waals surface area contributed by atoms with Crippen molar-refractivity contribution in [2.45, 2.75) is 18.7 Å². The van der Waals surface area contributed by atoms with Gasteiger partial charge in [-0.3, -0.25) is 0 Å². The number of hydrogen-bond donors (Lipinski definition) is 0. The van der Waals surface area contributed by atoms with Crippen molar-refractivity contribution in [1.82, 2.24) is 10.1 Å². The average molecular weight is 370 g/mol. The van der Waals surface area contributed by atoms with Crippen molar-refractivity contribution in [3.63, 3.8) is 0 Å². The molecular weight excluding hydrogens is 358 g/mol. The van der Waals surface area contributed by atoms with Gasteiger partial charge < -0.3 is 4.52 Å². The smallest absolute Gasteiger partial charge is 0.181 e. The Morgan fingerprint density at radius 1 is 1.17 bits per heavy atom. The summed E-state index contributed by atoms with van der Waals surface area (Å²) < 4.78 is 56.5. The first kappa shape index (κ1) is 16.7. The van der Waals surface area contributed by atoms with Gasteiger partial charge in [0.05, 0.1) is 10.6 Å². The van der Waals surface area contributed by atoms with Gasteiger partial charge in [0, 0.05) is 11.6 Å². The maximum atomic E-state index is 14.2. The molecule has 3 rings (SSSR count). The summed E-state index contributed by atoms with van der Waals surface area (Å²) in [5, 5.41) is 6.48. The molecule has 0 aliphatic heterocycles. The van der Waals surface area contributed by atoms with Crippen LogP contribution in [0.15, 0.2) is 26.9 Å². The minimum atomic E-state index is -4.02. The molecule has 0 aliphatic carbocycles. The highest BCUT2D eigenvalue weighted by Crippen LogP contribution is 2.36. The molecule has 5 nitrogen and oxygen atoms in total. The molecule has 3 aromatic rings. The first-order valence-corrected chi connectivity index (χ1v) is 9.54. The second-order valence-corrected chi connectivity index (χ2v) is 8.27. The normalized spacial score (nSPS) is 11.9. The number of halogens is 2. The van der Waals surface area contributed by atoms with Crippen LogP contribution in [0.5, 0.6) is 0 Å². The third-order valence-electron chi connectivity index (χ3n) is 3.38. The first-order chi connectivity index (χ1) is 11.2. The van der Waals surface area contributed by atoms with Gasteiger partial charge in [-0.1, -0.05) is 5.16 Å². The second kappa shape index (κ2) is 5.75. The summed E-state index contributed by atoms with van der Waals surface area (Å²) in [5.41, 5.74) is 1.38. The van der Waals surface area contributed by atoms with Crippen LogP contribution in [0.25, 0.3) is 22.5 Å². The maximum Gasteiger partial charge on any atom is 0.181 e. The van der Waals surface area contributed by atoms with Crippen LogP contribution < -0.4 is 0 Å². The minimum Gasteiger partial charge on any atom is -0.360 e. The molecule has 0 saturated carbocycles. The molecule has 24 heavy (non-hydrogen) atoms. The Bertz CT molecular complexity index is 1020. The maximum absolute atomic E-state index is 14.2. The highest BCUT2D eigenvalue weighted by atomic mass is 32.2. The zero-order chi connectivity index (χ0) is 17.6. The Hall–Kier alpha value is -2.13. The molecule has 0 aliphatic rings. The molecule has 126 valence electrons. The number of aryl methyl sites for hydroxylation is 2. The second-order valence-electron chi connectivity index (χ2n) is 5.26. The summed E-state index contributed by atoms with van der Waals surface area (Å²) in [6, 6.07) is 1.92. The van der Waals surface area contributed by atoms with Crippen LogP contribution >= 0.6 is 11.3 Å². The van der Waals surface area contributed by atoms with Gasteiger partial charge in [0.15, 0.2) is 9.84 Å². The third kappa shape index (κ3) is 2.84. The first-order valence-electron chi connectivity index (χ1n) is 6.76. The van der Waals surface area contributed by atoms with Crippen LogP contribution in [-0.4, -0.2) is 24.8 Å². The van der Waals surface area contributed by atoms with Gasteiger partial charge in [0.25, 0.3) is 0 Å². The van der Waals surface area contributed by atoms with Crippen molar-refractivity contribution in [3.05, 3.63) is 39.9 Å². The molecule has 0 radical (unpaired) electrons. The summed E-state index contributed by atoms with van der Waals surface area (Å²) in [5.74, 6) is -1.97. The number of rotatable bonds is 3. The summed E-state index contributed by atoms with van der Waals surface area (Å²) in [6.45, 7) is 3.42. The number of aromatic nitrogens is 2. The van der Waals surface area contributed by atoms with E-state index in [0.717, 1.165) is 23.4 Å². The quantitative estimate of drug-likeness (QED) is 0.702. The van der Waals surface area contributed by atoms with Crippen molar-refractivity contribution in [3.8, 4) is 22.5 Å². The molecule has 0 N–H and O–H groups in total. The van der Waals surface area contributed by atoms with E-state index >= 15 is 0 Å². The van der Waals surface area contributed by atoms with E-state index in [-0.39, 0.29) is 5.56 Å².